The van der Waals surface area contributed by atoms with Crippen molar-refractivity contribution in [3.05, 3.63) is 94.3 Å². The molecule has 32 heavy (non-hydrogen) atoms. The van der Waals surface area contributed by atoms with E-state index in [2.05, 4.69) is 63.4 Å². The van der Waals surface area contributed by atoms with Crippen molar-refractivity contribution in [3.8, 4) is 5.69 Å². The number of carbonyl (C=O) groups excluding carboxylic acids is 1. The van der Waals surface area contributed by atoms with Crippen LogP contribution in [0, 0.1) is 11.7 Å². The Bertz CT molecular complexity index is 1370. The zero-order chi connectivity index (χ0) is 22.2. The van der Waals surface area contributed by atoms with Gasteiger partial charge in [0.25, 0.3) is 0 Å². The summed E-state index contributed by atoms with van der Waals surface area (Å²) in [7, 11) is 1.45. The zero-order valence-corrected chi connectivity index (χ0v) is 19.0. The molecule has 3 aromatic carbocycles. The SMILES string of the molecule is COC(=O)C1Cc2ccccc2CN1Cn1c(=S)n(-c2cccc(C)c2)c2ccccc21. The van der Waals surface area contributed by atoms with Crippen molar-refractivity contribution in [2.24, 2.45) is 0 Å². The van der Waals surface area contributed by atoms with Crippen LogP contribution in [-0.2, 0) is 29.2 Å². The summed E-state index contributed by atoms with van der Waals surface area (Å²) in [5.41, 5.74) is 6.75. The van der Waals surface area contributed by atoms with Crippen LogP contribution in [0.1, 0.15) is 16.7 Å². The fourth-order valence-electron chi connectivity index (χ4n) is 4.64. The Morgan fingerprint density at radius 3 is 2.47 bits per heavy atom. The average molecular weight is 444 g/mol. The van der Waals surface area contributed by atoms with Crippen LogP contribution in [0.25, 0.3) is 16.7 Å². The Labute approximate surface area is 192 Å². The number of aromatic nitrogens is 2. The fourth-order valence-corrected chi connectivity index (χ4v) is 5.00. The third-order valence-electron chi connectivity index (χ3n) is 6.24. The molecule has 4 aromatic rings. The van der Waals surface area contributed by atoms with E-state index in [-0.39, 0.29) is 12.0 Å². The fraction of sp³-hybridized carbons (Fsp3) is 0.231. The summed E-state index contributed by atoms with van der Waals surface area (Å²) in [6.07, 6.45) is 0.632. The number of benzene rings is 3. The highest BCUT2D eigenvalue weighted by atomic mass is 32.1. The first-order valence-corrected chi connectivity index (χ1v) is 11.1. The lowest BCUT2D eigenvalue weighted by Gasteiger charge is -2.35. The van der Waals surface area contributed by atoms with Crippen LogP contribution in [0.15, 0.2) is 72.8 Å². The summed E-state index contributed by atoms with van der Waals surface area (Å²) in [5.74, 6) is -0.214. The number of esters is 1. The van der Waals surface area contributed by atoms with Crippen molar-refractivity contribution in [1.82, 2.24) is 14.0 Å². The lowest BCUT2D eigenvalue weighted by Crippen LogP contribution is -2.46. The normalized spacial score (nSPS) is 16.1. The molecule has 1 aliphatic heterocycles. The van der Waals surface area contributed by atoms with Crippen molar-refractivity contribution in [1.29, 1.82) is 0 Å². The van der Waals surface area contributed by atoms with E-state index in [9.17, 15) is 4.79 Å². The van der Waals surface area contributed by atoms with Gasteiger partial charge in [0, 0.05) is 12.2 Å². The highest BCUT2D eigenvalue weighted by Gasteiger charge is 2.33. The minimum absolute atomic E-state index is 0.214. The van der Waals surface area contributed by atoms with Gasteiger partial charge < -0.3 is 9.30 Å². The van der Waals surface area contributed by atoms with E-state index >= 15 is 0 Å². The zero-order valence-electron chi connectivity index (χ0n) is 18.2. The molecule has 6 heteroatoms. The molecule has 0 saturated carbocycles. The lowest BCUT2D eigenvalue weighted by atomic mass is 9.94. The molecular weight excluding hydrogens is 418 g/mol. The number of imidazole rings is 1. The number of aryl methyl sites for hydroxylation is 1. The molecule has 1 unspecified atom stereocenters. The Hall–Kier alpha value is -3.22. The maximum atomic E-state index is 12.7. The van der Waals surface area contributed by atoms with Gasteiger partial charge in [-0.3, -0.25) is 14.3 Å². The molecule has 0 bridgehead atoms. The maximum absolute atomic E-state index is 12.7. The standard InChI is InChI=1S/C26H25N3O2S/c1-18-8-7-11-21(14-18)29-23-13-6-5-12-22(23)28(26(29)32)17-27-16-20-10-4-3-9-19(20)15-24(27)25(30)31-2/h3-14,24H,15-17H2,1-2H3. The topological polar surface area (TPSA) is 39.4 Å². The molecule has 2 heterocycles. The Balaban J connectivity index is 1.62. The molecule has 0 radical (unpaired) electrons. The number of ether oxygens (including phenoxy) is 1. The van der Waals surface area contributed by atoms with Crippen LogP contribution in [0.5, 0.6) is 0 Å². The quantitative estimate of drug-likeness (QED) is 0.328. The number of fused-ring (bicyclic) bond motifs is 2. The molecule has 0 saturated heterocycles. The van der Waals surface area contributed by atoms with Gasteiger partial charge in [-0.25, -0.2) is 0 Å². The van der Waals surface area contributed by atoms with E-state index < -0.39 is 0 Å². The van der Waals surface area contributed by atoms with Crippen LogP contribution in [0.3, 0.4) is 0 Å². The first kappa shape index (κ1) is 20.7. The minimum Gasteiger partial charge on any atom is -0.468 e. The van der Waals surface area contributed by atoms with Crippen molar-refractivity contribution in [3.63, 3.8) is 0 Å². The van der Waals surface area contributed by atoms with E-state index in [0.717, 1.165) is 16.7 Å². The molecule has 1 atom stereocenters. The molecule has 0 spiro atoms. The molecule has 5 rings (SSSR count). The van der Waals surface area contributed by atoms with Gasteiger partial charge in [-0.15, -0.1) is 0 Å². The second-order valence-corrected chi connectivity index (χ2v) is 8.64. The highest BCUT2D eigenvalue weighted by molar-refractivity contribution is 7.71. The lowest BCUT2D eigenvalue weighted by molar-refractivity contribution is -0.148. The number of rotatable bonds is 4. The van der Waals surface area contributed by atoms with Crippen LogP contribution in [-0.4, -0.2) is 33.2 Å². The molecule has 0 N–H and O–H groups in total. The number of carbonyl (C=O) groups is 1. The summed E-state index contributed by atoms with van der Waals surface area (Å²) in [4.78, 5) is 14.8. The van der Waals surface area contributed by atoms with Gasteiger partial charge >= 0.3 is 5.97 Å². The predicted octanol–water partition coefficient (Wildman–Crippen LogP) is 5.03. The first-order chi connectivity index (χ1) is 15.6. The molecule has 0 aliphatic carbocycles. The monoisotopic (exact) mass is 443 g/mol. The van der Waals surface area contributed by atoms with Crippen molar-refractivity contribution >= 4 is 29.2 Å². The largest absolute Gasteiger partial charge is 0.468 e. The smallest absolute Gasteiger partial charge is 0.323 e. The van der Waals surface area contributed by atoms with E-state index in [1.807, 2.05) is 30.3 Å². The molecule has 1 aliphatic rings. The van der Waals surface area contributed by atoms with Gasteiger partial charge in [-0.2, -0.15) is 0 Å². The van der Waals surface area contributed by atoms with Gasteiger partial charge in [-0.1, -0.05) is 48.5 Å². The second-order valence-electron chi connectivity index (χ2n) is 8.27. The van der Waals surface area contributed by atoms with Crippen molar-refractivity contribution < 1.29 is 9.53 Å². The summed E-state index contributed by atoms with van der Waals surface area (Å²) in [6.45, 7) is 3.26. The van der Waals surface area contributed by atoms with Crippen LogP contribution in [0.4, 0.5) is 0 Å². The molecular formula is C26H25N3O2S. The molecule has 5 nitrogen and oxygen atoms in total. The van der Waals surface area contributed by atoms with E-state index in [0.29, 0.717) is 24.4 Å². The minimum atomic E-state index is -0.349. The number of nitrogens with zero attached hydrogens (tertiary/aromatic N) is 3. The molecule has 1 aromatic heterocycles. The molecule has 0 amide bonds. The number of methoxy groups -OCH3 is 1. The summed E-state index contributed by atoms with van der Waals surface area (Å²) < 4.78 is 10.1. The maximum Gasteiger partial charge on any atom is 0.323 e. The van der Waals surface area contributed by atoms with E-state index in [1.165, 1.54) is 23.8 Å². The average Bonchev–Trinajstić information content (AvgIpc) is 3.09. The van der Waals surface area contributed by atoms with Gasteiger partial charge in [0.15, 0.2) is 4.77 Å². The van der Waals surface area contributed by atoms with Crippen molar-refractivity contribution in [2.75, 3.05) is 7.11 Å². The molecule has 162 valence electrons. The Kier molecular flexibility index (Phi) is 5.41. The number of hydrogen-bond donors (Lipinski definition) is 0. The Morgan fingerprint density at radius 2 is 1.72 bits per heavy atom. The first-order valence-electron chi connectivity index (χ1n) is 10.7. The van der Waals surface area contributed by atoms with Crippen molar-refractivity contribution in [2.45, 2.75) is 32.6 Å². The van der Waals surface area contributed by atoms with Gasteiger partial charge in [0.1, 0.15) is 6.04 Å². The van der Waals surface area contributed by atoms with Gasteiger partial charge in [-0.05, 0) is 66.5 Å². The van der Waals surface area contributed by atoms with Gasteiger partial charge in [0.05, 0.1) is 24.8 Å². The summed E-state index contributed by atoms with van der Waals surface area (Å²) in [5, 5.41) is 0. The van der Waals surface area contributed by atoms with Crippen LogP contribution < -0.4 is 0 Å². The third-order valence-corrected chi connectivity index (χ3v) is 6.64. The van der Waals surface area contributed by atoms with Crippen LogP contribution >= 0.6 is 12.2 Å². The third kappa shape index (κ3) is 3.55. The van der Waals surface area contributed by atoms with E-state index in [1.54, 1.807) is 0 Å². The summed E-state index contributed by atoms with van der Waals surface area (Å²) >= 11 is 5.98. The molecule has 0 fully saturated rings. The van der Waals surface area contributed by atoms with Gasteiger partial charge in [0.2, 0.25) is 0 Å². The summed E-state index contributed by atoms with van der Waals surface area (Å²) in [6, 6.07) is 24.5. The Morgan fingerprint density at radius 1 is 1.00 bits per heavy atom. The highest BCUT2D eigenvalue weighted by Crippen LogP contribution is 2.28. The van der Waals surface area contributed by atoms with E-state index in [4.69, 9.17) is 17.0 Å². The number of para-hydroxylation sites is 2. The number of hydrogen-bond acceptors (Lipinski definition) is 4. The second kappa shape index (κ2) is 8.37. The van der Waals surface area contributed by atoms with Crippen LogP contribution in [0.2, 0.25) is 0 Å². The predicted molar refractivity (Wildman–Crippen MR) is 128 cm³/mol.